The molecule has 2 aromatic rings. The maximum atomic E-state index is 14.7. The molecule has 1 saturated heterocycles. The number of halogens is 8. The fourth-order valence-corrected chi connectivity index (χ4v) is 7.52. The molecule has 0 saturated carbocycles. The molecule has 1 fully saturated rings. The zero-order chi connectivity index (χ0) is 25.2. The van der Waals surface area contributed by atoms with Gasteiger partial charge in [-0.1, -0.05) is 18.2 Å². The van der Waals surface area contributed by atoms with Gasteiger partial charge in [-0.15, -0.1) is 0 Å². The van der Waals surface area contributed by atoms with Crippen LogP contribution in [0.2, 0.25) is 0 Å². The van der Waals surface area contributed by atoms with Crippen molar-refractivity contribution >= 4 is 9.84 Å². The third kappa shape index (κ3) is 3.43. The first-order chi connectivity index (χ1) is 15.7. The third-order valence-corrected chi connectivity index (χ3v) is 9.28. The second kappa shape index (κ2) is 7.91. The quantitative estimate of drug-likeness (QED) is 0.437. The topological polar surface area (TPSA) is 46.2 Å². The van der Waals surface area contributed by atoms with E-state index in [1.807, 2.05) is 0 Å². The predicted octanol–water partition coefficient (Wildman–Crippen LogP) is 5.48. The SMILES string of the molecule is O=S(=O)(c1ccc(F)cc1)C12CCCNC1CCc1cc(C(F)(C(F)(F)F)C(F)(F)F)ccc12. The lowest BCUT2D eigenvalue weighted by Crippen LogP contribution is -2.59. The average Bonchev–Trinajstić information content (AvgIpc) is 2.76. The van der Waals surface area contributed by atoms with Crippen molar-refractivity contribution in [2.45, 2.75) is 59.4 Å². The maximum absolute atomic E-state index is 14.7. The fraction of sp³-hybridized carbons (Fsp3) is 0.455. The van der Waals surface area contributed by atoms with Crippen molar-refractivity contribution < 1.29 is 43.5 Å². The lowest BCUT2D eigenvalue weighted by atomic mass is 9.73. The Hall–Kier alpha value is -2.21. The number of hydrogen-bond acceptors (Lipinski definition) is 3. The van der Waals surface area contributed by atoms with Crippen molar-refractivity contribution in [2.24, 2.45) is 0 Å². The average molecular weight is 513 g/mol. The smallest absolute Gasteiger partial charge is 0.312 e. The first-order valence-corrected chi connectivity index (χ1v) is 11.8. The van der Waals surface area contributed by atoms with Gasteiger partial charge in [0.2, 0.25) is 0 Å². The molecule has 1 N–H and O–H groups in total. The van der Waals surface area contributed by atoms with E-state index in [1.54, 1.807) is 0 Å². The Kier molecular flexibility index (Phi) is 5.79. The second-order valence-electron chi connectivity index (χ2n) is 8.52. The molecule has 2 unspecified atom stereocenters. The molecule has 0 radical (unpaired) electrons. The number of alkyl halides is 7. The number of fused-ring (bicyclic) bond motifs is 3. The summed E-state index contributed by atoms with van der Waals surface area (Å²) in [6, 6.07) is 5.03. The van der Waals surface area contributed by atoms with Crippen LogP contribution in [0.15, 0.2) is 47.4 Å². The summed E-state index contributed by atoms with van der Waals surface area (Å²) in [5.74, 6) is -0.679. The minimum absolute atomic E-state index is 0.0238. The number of hydrogen-bond donors (Lipinski definition) is 1. The Morgan fingerprint density at radius 3 is 2.12 bits per heavy atom. The number of piperidine rings is 1. The highest BCUT2D eigenvalue weighted by Gasteiger charge is 2.73. The number of nitrogens with one attached hydrogen (secondary N) is 1. The Morgan fingerprint density at radius 1 is 0.912 bits per heavy atom. The summed E-state index contributed by atoms with van der Waals surface area (Å²) in [5.41, 5.74) is -7.34. The summed E-state index contributed by atoms with van der Waals surface area (Å²) < 4.78 is 134. The van der Waals surface area contributed by atoms with Gasteiger partial charge < -0.3 is 5.32 Å². The van der Waals surface area contributed by atoms with Crippen LogP contribution in [0.3, 0.4) is 0 Å². The van der Waals surface area contributed by atoms with Crippen LogP contribution < -0.4 is 5.32 Å². The Balaban J connectivity index is 1.94. The number of rotatable bonds is 3. The van der Waals surface area contributed by atoms with Gasteiger partial charge in [-0.05, 0) is 67.6 Å². The monoisotopic (exact) mass is 513 g/mol. The highest BCUT2D eigenvalue weighted by atomic mass is 32.2. The minimum atomic E-state index is -6.28. The normalized spacial score (nSPS) is 23.8. The van der Waals surface area contributed by atoms with Crippen LogP contribution in [0.25, 0.3) is 0 Å². The zero-order valence-electron chi connectivity index (χ0n) is 17.4. The third-order valence-electron chi connectivity index (χ3n) is 6.72. The molecule has 1 aliphatic carbocycles. The summed E-state index contributed by atoms with van der Waals surface area (Å²) in [6.45, 7) is 0.467. The van der Waals surface area contributed by atoms with E-state index < -0.39 is 50.0 Å². The van der Waals surface area contributed by atoms with Gasteiger partial charge in [-0.3, -0.25) is 0 Å². The first kappa shape index (κ1) is 24.9. The molecule has 1 heterocycles. The van der Waals surface area contributed by atoms with Gasteiger partial charge in [0.15, 0.2) is 9.84 Å². The largest absolute Gasteiger partial charge is 0.435 e. The molecule has 0 spiro atoms. The molecule has 1 aliphatic heterocycles. The van der Waals surface area contributed by atoms with Gasteiger partial charge in [0.1, 0.15) is 10.6 Å². The van der Waals surface area contributed by atoms with Crippen LogP contribution in [0.1, 0.15) is 36.0 Å². The Bertz CT molecular complexity index is 1180. The van der Waals surface area contributed by atoms with Gasteiger partial charge in [0.25, 0.3) is 0 Å². The van der Waals surface area contributed by atoms with Crippen molar-refractivity contribution in [1.82, 2.24) is 5.32 Å². The number of benzene rings is 2. The van der Waals surface area contributed by atoms with E-state index in [9.17, 15) is 43.5 Å². The number of sulfone groups is 1. The maximum Gasteiger partial charge on any atom is 0.435 e. The summed E-state index contributed by atoms with van der Waals surface area (Å²) in [5, 5.41) is 3.10. The van der Waals surface area contributed by atoms with Crippen LogP contribution in [-0.4, -0.2) is 33.4 Å². The van der Waals surface area contributed by atoms with Crippen LogP contribution in [0.4, 0.5) is 35.1 Å². The van der Waals surface area contributed by atoms with Crippen molar-refractivity contribution in [2.75, 3.05) is 6.54 Å². The molecule has 186 valence electrons. The van der Waals surface area contributed by atoms with E-state index in [1.165, 1.54) is 0 Å². The zero-order valence-corrected chi connectivity index (χ0v) is 18.2. The molecular formula is C22H19F8NO2S. The highest BCUT2D eigenvalue weighted by Crippen LogP contribution is 2.55. The van der Waals surface area contributed by atoms with E-state index in [2.05, 4.69) is 5.32 Å². The van der Waals surface area contributed by atoms with Crippen molar-refractivity contribution in [3.05, 3.63) is 65.0 Å². The Labute approximate surface area is 190 Å². The molecule has 3 nitrogen and oxygen atoms in total. The van der Waals surface area contributed by atoms with Gasteiger partial charge in [-0.2, -0.15) is 26.3 Å². The summed E-state index contributed by atoms with van der Waals surface area (Å²) in [7, 11) is -4.29. The van der Waals surface area contributed by atoms with E-state index >= 15 is 0 Å². The van der Waals surface area contributed by atoms with Gasteiger partial charge in [0.05, 0.1) is 4.90 Å². The molecule has 0 amide bonds. The van der Waals surface area contributed by atoms with Crippen molar-refractivity contribution in [1.29, 1.82) is 0 Å². The van der Waals surface area contributed by atoms with Crippen molar-refractivity contribution in [3.8, 4) is 0 Å². The Morgan fingerprint density at radius 2 is 1.53 bits per heavy atom. The molecule has 0 bridgehead atoms. The first-order valence-electron chi connectivity index (χ1n) is 10.4. The molecule has 2 aliphatic rings. The van der Waals surface area contributed by atoms with E-state index in [0.717, 1.165) is 30.3 Å². The molecule has 34 heavy (non-hydrogen) atoms. The van der Waals surface area contributed by atoms with Crippen molar-refractivity contribution in [3.63, 3.8) is 0 Å². The van der Waals surface area contributed by atoms with Crippen LogP contribution in [0.5, 0.6) is 0 Å². The van der Waals surface area contributed by atoms with E-state index in [0.29, 0.717) is 25.1 Å². The molecule has 0 aromatic heterocycles. The number of aryl methyl sites for hydroxylation is 1. The minimum Gasteiger partial charge on any atom is -0.312 e. The van der Waals surface area contributed by atoms with Crippen LogP contribution in [0, 0.1) is 5.82 Å². The summed E-state index contributed by atoms with van der Waals surface area (Å²) >= 11 is 0. The van der Waals surface area contributed by atoms with Gasteiger partial charge in [0, 0.05) is 11.6 Å². The summed E-state index contributed by atoms with van der Waals surface area (Å²) in [6.07, 6.45) is -12.1. The highest BCUT2D eigenvalue weighted by molar-refractivity contribution is 7.92. The lowest BCUT2D eigenvalue weighted by molar-refractivity contribution is -0.348. The molecule has 4 rings (SSSR count). The predicted molar refractivity (Wildman–Crippen MR) is 106 cm³/mol. The van der Waals surface area contributed by atoms with Gasteiger partial charge in [-0.25, -0.2) is 17.2 Å². The van der Waals surface area contributed by atoms with E-state index in [4.69, 9.17) is 0 Å². The second-order valence-corrected chi connectivity index (χ2v) is 10.7. The van der Waals surface area contributed by atoms with Gasteiger partial charge >= 0.3 is 18.0 Å². The molecular weight excluding hydrogens is 494 g/mol. The molecule has 2 atom stereocenters. The van der Waals surface area contributed by atoms with Crippen LogP contribution >= 0.6 is 0 Å². The van der Waals surface area contributed by atoms with E-state index in [-0.39, 0.29) is 35.3 Å². The standard InChI is InChI=1S/C22H19F8NO2S/c23-15-4-6-16(7-5-15)34(32,33)19-10-1-11-31-18(19)9-2-13-12-14(3-8-17(13)19)20(24,21(25,26)27)22(28,29)30/h3-8,12,18,31H,1-2,9-11H2. The lowest BCUT2D eigenvalue weighted by Gasteiger charge is -2.48. The summed E-state index contributed by atoms with van der Waals surface area (Å²) in [4.78, 5) is -0.232. The molecule has 2 aromatic carbocycles. The fourth-order valence-electron chi connectivity index (χ4n) is 5.13. The molecule has 12 heteroatoms. The van der Waals surface area contributed by atoms with Crippen LogP contribution in [-0.2, 0) is 26.7 Å².